The van der Waals surface area contributed by atoms with Gasteiger partial charge in [0.1, 0.15) is 11.5 Å². The van der Waals surface area contributed by atoms with Crippen molar-refractivity contribution in [3.8, 4) is 5.75 Å². The van der Waals surface area contributed by atoms with E-state index in [9.17, 15) is 29.6 Å². The van der Waals surface area contributed by atoms with Gasteiger partial charge in [-0.15, -0.1) is 0 Å². The number of Topliss-reactive ketones (excluding diaryl/α,β-unsaturated/α-hetero) is 1. The van der Waals surface area contributed by atoms with Crippen LogP contribution in [0.3, 0.4) is 0 Å². The van der Waals surface area contributed by atoms with E-state index >= 15 is 0 Å². The fraction of sp³-hybridized carbons (Fsp3) is 0.148. The van der Waals surface area contributed by atoms with Crippen molar-refractivity contribution in [2.45, 2.75) is 26.8 Å². The molecule has 1 amide bonds. The van der Waals surface area contributed by atoms with Crippen molar-refractivity contribution in [1.82, 2.24) is 0 Å². The SMILES string of the molecule is CC(=O)Oc1cccc(C2/C(=C(/O)c3cccc([N+](=O)[O-])c3)C(=O)C(=O)N2c2ccc(C)c(C)c2)c1. The molecule has 0 spiro atoms. The van der Waals surface area contributed by atoms with Gasteiger partial charge in [-0.1, -0.05) is 30.3 Å². The number of aliphatic hydroxyl groups excluding tert-OH is 1. The first-order valence-corrected chi connectivity index (χ1v) is 11.0. The van der Waals surface area contributed by atoms with Gasteiger partial charge in [-0.25, -0.2) is 0 Å². The number of esters is 1. The second-order valence-corrected chi connectivity index (χ2v) is 8.41. The second kappa shape index (κ2) is 9.46. The van der Waals surface area contributed by atoms with Gasteiger partial charge in [0.05, 0.1) is 16.5 Å². The van der Waals surface area contributed by atoms with Gasteiger partial charge in [0.2, 0.25) is 0 Å². The van der Waals surface area contributed by atoms with Gasteiger partial charge >= 0.3 is 5.97 Å². The average molecular weight is 486 g/mol. The lowest BCUT2D eigenvalue weighted by molar-refractivity contribution is -0.384. The Balaban J connectivity index is 1.96. The van der Waals surface area contributed by atoms with Gasteiger partial charge < -0.3 is 9.84 Å². The summed E-state index contributed by atoms with van der Waals surface area (Å²) in [5, 5.41) is 22.5. The predicted molar refractivity (Wildman–Crippen MR) is 132 cm³/mol. The third kappa shape index (κ3) is 4.46. The summed E-state index contributed by atoms with van der Waals surface area (Å²) in [6.45, 7) is 5.03. The van der Waals surface area contributed by atoms with Crippen molar-refractivity contribution >= 4 is 34.8 Å². The van der Waals surface area contributed by atoms with Gasteiger partial charge in [0, 0.05) is 30.3 Å². The first kappa shape index (κ1) is 24.3. The van der Waals surface area contributed by atoms with E-state index in [1.54, 1.807) is 30.3 Å². The summed E-state index contributed by atoms with van der Waals surface area (Å²) in [7, 11) is 0. The maximum atomic E-state index is 13.3. The number of amides is 1. The number of carbonyl (C=O) groups excluding carboxylic acids is 3. The Hall–Kier alpha value is -4.79. The number of anilines is 1. The Morgan fingerprint density at radius 2 is 1.72 bits per heavy atom. The lowest BCUT2D eigenvalue weighted by atomic mass is 9.94. The Morgan fingerprint density at radius 1 is 1.00 bits per heavy atom. The van der Waals surface area contributed by atoms with E-state index in [0.717, 1.165) is 17.2 Å². The van der Waals surface area contributed by atoms with Crippen LogP contribution < -0.4 is 9.64 Å². The van der Waals surface area contributed by atoms with Crippen LogP contribution in [-0.2, 0) is 14.4 Å². The highest BCUT2D eigenvalue weighted by molar-refractivity contribution is 6.51. The number of non-ortho nitro benzene ring substituents is 1. The number of rotatable bonds is 5. The summed E-state index contributed by atoms with van der Waals surface area (Å²) in [5.74, 6) is -2.72. The van der Waals surface area contributed by atoms with E-state index < -0.39 is 34.4 Å². The van der Waals surface area contributed by atoms with E-state index in [1.165, 1.54) is 36.1 Å². The topological polar surface area (TPSA) is 127 Å². The zero-order valence-corrected chi connectivity index (χ0v) is 19.7. The molecule has 1 aliphatic heterocycles. The second-order valence-electron chi connectivity index (χ2n) is 8.41. The molecule has 4 rings (SSSR count). The number of aryl methyl sites for hydroxylation is 2. The summed E-state index contributed by atoms with van der Waals surface area (Å²) in [6.07, 6.45) is 0. The highest BCUT2D eigenvalue weighted by Crippen LogP contribution is 2.43. The van der Waals surface area contributed by atoms with Crippen molar-refractivity contribution in [3.05, 3.63) is 105 Å². The summed E-state index contributed by atoms with van der Waals surface area (Å²) in [6, 6.07) is 15.7. The highest BCUT2D eigenvalue weighted by Gasteiger charge is 2.47. The van der Waals surface area contributed by atoms with Crippen LogP contribution in [0.5, 0.6) is 5.75 Å². The number of carbonyl (C=O) groups is 3. The number of hydrogen-bond acceptors (Lipinski definition) is 7. The van der Waals surface area contributed by atoms with E-state index in [1.807, 2.05) is 19.9 Å². The van der Waals surface area contributed by atoms with Crippen LogP contribution in [0.1, 0.15) is 35.2 Å². The summed E-state index contributed by atoms with van der Waals surface area (Å²) in [5.41, 5.74) is 2.21. The maximum Gasteiger partial charge on any atom is 0.308 e. The zero-order chi connectivity index (χ0) is 26.1. The van der Waals surface area contributed by atoms with Crippen LogP contribution in [0.25, 0.3) is 5.76 Å². The number of ketones is 1. The average Bonchev–Trinajstić information content (AvgIpc) is 3.10. The highest BCUT2D eigenvalue weighted by atomic mass is 16.6. The smallest absolute Gasteiger partial charge is 0.308 e. The van der Waals surface area contributed by atoms with Crippen LogP contribution in [0, 0.1) is 24.0 Å². The molecule has 0 radical (unpaired) electrons. The Morgan fingerprint density at radius 3 is 2.39 bits per heavy atom. The third-order valence-corrected chi connectivity index (χ3v) is 5.98. The Kier molecular flexibility index (Phi) is 6.39. The van der Waals surface area contributed by atoms with Crippen molar-refractivity contribution in [2.24, 2.45) is 0 Å². The number of benzene rings is 3. The molecule has 0 bridgehead atoms. The molecule has 182 valence electrons. The Bertz CT molecular complexity index is 1460. The van der Waals surface area contributed by atoms with Crippen LogP contribution >= 0.6 is 0 Å². The molecule has 0 aliphatic carbocycles. The first-order valence-electron chi connectivity index (χ1n) is 11.0. The van der Waals surface area contributed by atoms with E-state index in [-0.39, 0.29) is 22.6 Å². The normalized spacial score (nSPS) is 16.8. The number of aliphatic hydroxyl groups is 1. The summed E-state index contributed by atoms with van der Waals surface area (Å²) < 4.78 is 5.19. The molecule has 0 saturated carbocycles. The van der Waals surface area contributed by atoms with Gasteiger partial charge in [-0.2, -0.15) is 0 Å². The lowest BCUT2D eigenvalue weighted by Gasteiger charge is -2.26. The summed E-state index contributed by atoms with van der Waals surface area (Å²) in [4.78, 5) is 50.0. The van der Waals surface area contributed by atoms with Crippen molar-refractivity contribution in [2.75, 3.05) is 4.90 Å². The minimum absolute atomic E-state index is 0.0171. The molecule has 1 atom stereocenters. The monoisotopic (exact) mass is 486 g/mol. The molecule has 1 heterocycles. The largest absolute Gasteiger partial charge is 0.507 e. The first-order chi connectivity index (χ1) is 17.1. The van der Waals surface area contributed by atoms with Crippen molar-refractivity contribution < 1.29 is 29.2 Å². The molecule has 1 aliphatic rings. The van der Waals surface area contributed by atoms with Crippen LogP contribution in [0.15, 0.2) is 72.3 Å². The van der Waals surface area contributed by atoms with Gasteiger partial charge in [0.15, 0.2) is 0 Å². The molecule has 1 N–H and O–H groups in total. The molecular formula is C27H22N2O7. The Labute approximate surface area is 206 Å². The van der Waals surface area contributed by atoms with Crippen LogP contribution in [-0.4, -0.2) is 27.7 Å². The summed E-state index contributed by atoms with van der Waals surface area (Å²) >= 11 is 0. The van der Waals surface area contributed by atoms with Crippen molar-refractivity contribution in [1.29, 1.82) is 0 Å². The number of nitro benzene ring substituents is 1. The quantitative estimate of drug-likeness (QED) is 0.105. The molecule has 36 heavy (non-hydrogen) atoms. The molecule has 3 aromatic rings. The maximum absolute atomic E-state index is 13.3. The van der Waals surface area contributed by atoms with Crippen molar-refractivity contribution in [3.63, 3.8) is 0 Å². The lowest BCUT2D eigenvalue weighted by Crippen LogP contribution is -2.29. The fourth-order valence-corrected chi connectivity index (χ4v) is 4.13. The number of hydrogen-bond donors (Lipinski definition) is 1. The minimum atomic E-state index is -1.08. The van der Waals surface area contributed by atoms with E-state index in [2.05, 4.69) is 0 Å². The number of ether oxygens (including phenoxy) is 1. The third-order valence-electron chi connectivity index (χ3n) is 5.98. The van der Waals surface area contributed by atoms with Gasteiger partial charge in [-0.05, 0) is 54.8 Å². The molecule has 1 unspecified atom stereocenters. The molecule has 1 fully saturated rings. The predicted octanol–water partition coefficient (Wildman–Crippen LogP) is 4.76. The van der Waals surface area contributed by atoms with E-state index in [0.29, 0.717) is 11.3 Å². The zero-order valence-electron chi connectivity index (χ0n) is 19.7. The number of nitro groups is 1. The minimum Gasteiger partial charge on any atom is -0.507 e. The molecule has 0 aromatic heterocycles. The standard InChI is InChI=1S/C27H22N2O7/c1-15-10-11-20(12-16(15)2)28-24(18-6-5-9-22(14-18)36-17(3)30)23(26(32)27(28)33)25(31)19-7-4-8-21(13-19)29(34)35/h4-14,24,31H,1-3H3/b25-23-. The molecular weight excluding hydrogens is 464 g/mol. The molecule has 9 heteroatoms. The van der Waals surface area contributed by atoms with Crippen LogP contribution in [0.2, 0.25) is 0 Å². The molecule has 3 aromatic carbocycles. The van der Waals surface area contributed by atoms with Crippen LogP contribution in [0.4, 0.5) is 11.4 Å². The van der Waals surface area contributed by atoms with Gasteiger partial charge in [0.25, 0.3) is 17.4 Å². The van der Waals surface area contributed by atoms with Gasteiger partial charge in [-0.3, -0.25) is 29.4 Å². The fourth-order valence-electron chi connectivity index (χ4n) is 4.13. The van der Waals surface area contributed by atoms with E-state index in [4.69, 9.17) is 4.74 Å². The molecule has 9 nitrogen and oxygen atoms in total. The molecule has 1 saturated heterocycles. The number of nitrogens with zero attached hydrogens (tertiary/aromatic N) is 2.